The van der Waals surface area contributed by atoms with Crippen molar-refractivity contribution in [2.24, 2.45) is 5.92 Å². The van der Waals surface area contributed by atoms with Crippen LogP contribution in [0.1, 0.15) is 57.1 Å². The van der Waals surface area contributed by atoms with Crippen LogP contribution in [0.2, 0.25) is 0 Å². The summed E-state index contributed by atoms with van der Waals surface area (Å²) >= 11 is 0. The van der Waals surface area contributed by atoms with Crippen LogP contribution in [0, 0.1) is 27.9 Å². The standard InChI is InChI=1S/C62H56N8O10/c1-65(40-43-14-5-2-6-15-43)31-12-16-42-25-28-51-50(38-42)62(59(74)68(51)61(75)79-41-44-23-26-48(27-24-44)70(76)77)52(57(72)66-32-34-67(35-33-66)60-63-29-13-30-64-60)54-58(73)80-55(46-19-9-4-10-20-46)53(45-17-7-3-8-18-45)69(54)56(62)47-21-11-22-49(39-47)78-37-36-71/h2-11,13-15,17-30,38-39,52-56,71H,31-37,40-41H2,1H3/t52-,53-,54-,55+,56+,62-/m0/s1. The third-order valence-corrected chi connectivity index (χ3v) is 15.3. The number of non-ortho nitro benzene ring substituents is 1. The number of benzene rings is 6. The van der Waals surface area contributed by atoms with E-state index < -0.39 is 64.4 Å². The number of hydrogen-bond donors (Lipinski definition) is 1. The molecule has 0 aliphatic carbocycles. The number of rotatable bonds is 14. The Kier molecular flexibility index (Phi) is 15.1. The summed E-state index contributed by atoms with van der Waals surface area (Å²) < 4.78 is 18.8. The van der Waals surface area contributed by atoms with E-state index in [0.29, 0.717) is 60.1 Å². The fourth-order valence-electron chi connectivity index (χ4n) is 11.8. The lowest BCUT2D eigenvalue weighted by atomic mass is 9.64. The van der Waals surface area contributed by atoms with Crippen molar-refractivity contribution in [1.29, 1.82) is 0 Å². The van der Waals surface area contributed by atoms with Crippen LogP contribution < -0.4 is 14.5 Å². The third-order valence-electron chi connectivity index (χ3n) is 15.3. The van der Waals surface area contributed by atoms with E-state index in [-0.39, 0.29) is 49.8 Å². The minimum Gasteiger partial charge on any atom is -0.491 e. The number of fused-ring (bicyclic) bond motifs is 3. The Morgan fingerprint density at radius 1 is 0.787 bits per heavy atom. The van der Waals surface area contributed by atoms with Crippen molar-refractivity contribution in [3.05, 3.63) is 225 Å². The second-order valence-electron chi connectivity index (χ2n) is 20.1. The highest BCUT2D eigenvalue weighted by atomic mass is 16.6. The van der Waals surface area contributed by atoms with Crippen LogP contribution >= 0.6 is 0 Å². The molecule has 6 aromatic carbocycles. The number of anilines is 2. The van der Waals surface area contributed by atoms with Gasteiger partial charge in [0.2, 0.25) is 17.8 Å². The lowest BCUT2D eigenvalue weighted by Gasteiger charge is -2.46. The van der Waals surface area contributed by atoms with Gasteiger partial charge in [-0.3, -0.25) is 34.3 Å². The minimum atomic E-state index is -2.13. The molecule has 6 atom stereocenters. The Morgan fingerprint density at radius 2 is 1.46 bits per heavy atom. The average molecular weight is 1070 g/mol. The van der Waals surface area contributed by atoms with E-state index in [9.17, 15) is 15.2 Å². The van der Waals surface area contributed by atoms with Crippen LogP contribution in [0.15, 0.2) is 176 Å². The maximum Gasteiger partial charge on any atom is 0.421 e. The number of morpholine rings is 1. The van der Waals surface area contributed by atoms with E-state index in [1.807, 2.05) is 114 Å². The van der Waals surface area contributed by atoms with Gasteiger partial charge in [0.15, 0.2) is 0 Å². The maximum atomic E-state index is 16.9. The molecule has 11 rings (SSSR count). The zero-order chi connectivity index (χ0) is 55.3. The van der Waals surface area contributed by atoms with Crippen molar-refractivity contribution < 1.29 is 43.4 Å². The van der Waals surface area contributed by atoms with Crippen molar-refractivity contribution in [3.63, 3.8) is 0 Å². The van der Waals surface area contributed by atoms with E-state index in [0.717, 1.165) is 16.0 Å². The van der Waals surface area contributed by atoms with Gasteiger partial charge >= 0.3 is 12.1 Å². The summed E-state index contributed by atoms with van der Waals surface area (Å²) in [6.45, 7) is 1.27. The van der Waals surface area contributed by atoms with Crippen molar-refractivity contribution in [3.8, 4) is 17.6 Å². The topological polar surface area (TPSA) is 201 Å². The molecule has 0 bridgehead atoms. The average Bonchev–Trinajstić information content (AvgIpc) is 1.93. The zero-order valence-electron chi connectivity index (χ0n) is 43.7. The van der Waals surface area contributed by atoms with Gasteiger partial charge in [-0.25, -0.2) is 19.7 Å². The molecule has 18 heteroatoms. The van der Waals surface area contributed by atoms with E-state index in [1.54, 1.807) is 59.8 Å². The van der Waals surface area contributed by atoms with Crippen molar-refractivity contribution >= 4 is 41.2 Å². The van der Waals surface area contributed by atoms with Gasteiger partial charge in [-0.1, -0.05) is 115 Å². The molecule has 80 heavy (non-hydrogen) atoms. The zero-order valence-corrected chi connectivity index (χ0v) is 43.7. The van der Waals surface area contributed by atoms with Gasteiger partial charge in [-0.15, -0.1) is 0 Å². The maximum absolute atomic E-state index is 16.9. The Labute approximate surface area is 461 Å². The predicted molar refractivity (Wildman–Crippen MR) is 295 cm³/mol. The highest BCUT2D eigenvalue weighted by Gasteiger charge is 2.76. The van der Waals surface area contributed by atoms with Gasteiger partial charge in [0.05, 0.1) is 41.8 Å². The van der Waals surface area contributed by atoms with Gasteiger partial charge in [0.25, 0.3) is 5.69 Å². The summed E-state index contributed by atoms with van der Waals surface area (Å²) in [5.41, 5.74) is 1.93. The van der Waals surface area contributed by atoms with Crippen LogP contribution in [0.4, 0.5) is 22.1 Å². The molecule has 1 aromatic heterocycles. The first-order chi connectivity index (χ1) is 39.0. The predicted octanol–water partition coefficient (Wildman–Crippen LogP) is 7.59. The first-order valence-electron chi connectivity index (χ1n) is 26.4. The van der Waals surface area contributed by atoms with Crippen LogP contribution in [-0.4, -0.2) is 118 Å². The Hall–Kier alpha value is -9.28. The largest absolute Gasteiger partial charge is 0.491 e. The molecule has 0 unspecified atom stereocenters. The van der Waals surface area contributed by atoms with Crippen molar-refractivity contribution in [1.82, 2.24) is 24.7 Å². The molecule has 5 heterocycles. The molecule has 7 aromatic rings. The monoisotopic (exact) mass is 1070 g/mol. The summed E-state index contributed by atoms with van der Waals surface area (Å²) in [5, 5.41) is 21.5. The number of amides is 3. The highest BCUT2D eigenvalue weighted by Crippen LogP contribution is 2.66. The molecule has 3 saturated heterocycles. The molecule has 3 amide bonds. The fourth-order valence-corrected chi connectivity index (χ4v) is 11.8. The quantitative estimate of drug-likeness (QED) is 0.0483. The number of aliphatic hydroxyl groups is 1. The van der Waals surface area contributed by atoms with Crippen LogP contribution in [0.3, 0.4) is 0 Å². The smallest absolute Gasteiger partial charge is 0.421 e. The van der Waals surface area contributed by atoms with Crippen LogP contribution in [0.25, 0.3) is 0 Å². The SMILES string of the molecule is CN(CC#Cc1ccc2c(c1)[C@]1(C(=O)N2C(=O)OCc2ccc([N+](=O)[O-])cc2)[C@H](C(=O)N2CCN(c3ncccn3)CC2)[C@H]2C(=O)O[C@H](c3ccccc3)[C@H](c3ccccc3)N2[C@@H]1c1cccc(OCCO)c1)Cc1ccccc1. The summed E-state index contributed by atoms with van der Waals surface area (Å²) in [6, 6.07) is 44.6. The normalized spacial score (nSPS) is 21.3. The molecule has 3 fully saturated rings. The second-order valence-corrected chi connectivity index (χ2v) is 20.1. The van der Waals surface area contributed by atoms with Crippen molar-refractivity contribution in [2.75, 3.05) is 62.8 Å². The van der Waals surface area contributed by atoms with Gasteiger partial charge in [-0.05, 0) is 89.0 Å². The third kappa shape index (κ3) is 10.1. The lowest BCUT2D eigenvalue weighted by molar-refractivity contribution is -0.384. The second kappa shape index (κ2) is 23.0. The lowest BCUT2D eigenvalue weighted by Crippen LogP contribution is -2.59. The van der Waals surface area contributed by atoms with E-state index in [2.05, 4.69) is 26.7 Å². The number of esters is 1. The molecule has 404 valence electrons. The number of cyclic esters (lactones) is 1. The first kappa shape index (κ1) is 52.8. The summed E-state index contributed by atoms with van der Waals surface area (Å²) in [4.78, 5) is 92.8. The molecule has 0 radical (unpaired) electrons. The number of nitrogens with zero attached hydrogens (tertiary/aromatic N) is 8. The van der Waals surface area contributed by atoms with Crippen molar-refractivity contribution in [2.45, 2.75) is 42.8 Å². The van der Waals surface area contributed by atoms with Crippen LogP contribution in [-0.2, 0) is 42.4 Å². The summed E-state index contributed by atoms with van der Waals surface area (Å²) in [7, 11) is 1.96. The number of piperazine rings is 1. The Morgan fingerprint density at radius 3 is 2.15 bits per heavy atom. The number of hydrogen-bond acceptors (Lipinski definition) is 15. The number of aliphatic hydroxyl groups excluding tert-OH is 1. The fraction of sp³-hybridized carbons (Fsp3) is 0.258. The molecule has 1 spiro atoms. The van der Waals surface area contributed by atoms with E-state index >= 15 is 19.2 Å². The Balaban J connectivity index is 1.13. The van der Waals surface area contributed by atoms with Crippen LogP contribution in [0.5, 0.6) is 5.75 Å². The number of aromatic nitrogens is 2. The minimum absolute atomic E-state index is 0.0551. The summed E-state index contributed by atoms with van der Waals surface area (Å²) in [5.74, 6) is 3.78. The van der Waals surface area contributed by atoms with E-state index in [1.165, 1.54) is 24.3 Å². The number of carbonyl (C=O) groups excluding carboxylic acids is 4. The van der Waals surface area contributed by atoms with Gasteiger partial charge in [0, 0.05) is 62.8 Å². The molecule has 4 aliphatic heterocycles. The summed E-state index contributed by atoms with van der Waals surface area (Å²) in [6.07, 6.45) is 1.25. The number of carbonyl (C=O) groups is 4. The molecular weight excluding hydrogens is 1020 g/mol. The number of nitro groups is 1. The van der Waals surface area contributed by atoms with E-state index in [4.69, 9.17) is 14.2 Å². The molecular formula is C62H56N8O10. The number of ether oxygens (including phenoxy) is 3. The first-order valence-corrected chi connectivity index (χ1v) is 26.4. The van der Waals surface area contributed by atoms with Gasteiger partial charge in [0.1, 0.15) is 36.5 Å². The Bertz CT molecular complexity index is 3470. The van der Waals surface area contributed by atoms with Gasteiger partial charge in [-0.2, -0.15) is 0 Å². The molecule has 18 nitrogen and oxygen atoms in total. The number of imide groups is 1. The molecule has 4 aliphatic rings. The van der Waals surface area contributed by atoms with Gasteiger partial charge < -0.3 is 29.1 Å². The highest BCUT2D eigenvalue weighted by molar-refractivity contribution is 6.23. The number of nitro benzene ring substituents is 1. The molecule has 0 saturated carbocycles. The molecule has 1 N–H and O–H groups in total.